The number of rotatable bonds is 5. The second-order valence-electron chi connectivity index (χ2n) is 4.24. The maximum atomic E-state index is 11.7. The van der Waals surface area contributed by atoms with Crippen LogP contribution in [0.25, 0.3) is 0 Å². The van der Waals surface area contributed by atoms with Crippen LogP contribution in [0.3, 0.4) is 0 Å². The molecule has 0 saturated carbocycles. The summed E-state index contributed by atoms with van der Waals surface area (Å²) in [6.07, 6.45) is 1.73. The van der Waals surface area contributed by atoms with E-state index >= 15 is 0 Å². The van der Waals surface area contributed by atoms with Gasteiger partial charge in [0.15, 0.2) is 0 Å². The first kappa shape index (κ1) is 14.4. The Morgan fingerprint density at radius 1 is 1.35 bits per heavy atom. The summed E-state index contributed by atoms with van der Waals surface area (Å²) in [6.45, 7) is 0.109. The second kappa shape index (κ2) is 6.43. The molecule has 5 nitrogen and oxygen atoms in total. The monoisotopic (exact) mass is 294 g/mol. The Hall–Kier alpha value is -2.01. The lowest BCUT2D eigenvalue weighted by molar-refractivity contribution is -0.144. The zero-order chi connectivity index (χ0) is 14.5. The van der Waals surface area contributed by atoms with E-state index in [1.807, 2.05) is 12.1 Å². The fraction of sp³-hybridized carbons (Fsp3) is 0.286. The number of hydrogen-bond acceptors (Lipinski definition) is 4. The van der Waals surface area contributed by atoms with Gasteiger partial charge in [-0.05, 0) is 17.7 Å². The third-order valence-corrected chi connectivity index (χ3v) is 3.25. The molecule has 0 atom stereocenters. The molecular weight excluding hydrogens is 280 g/mol. The zero-order valence-corrected chi connectivity index (χ0v) is 12.1. The van der Waals surface area contributed by atoms with E-state index in [0.29, 0.717) is 11.0 Å². The largest absolute Gasteiger partial charge is 0.497 e. The summed E-state index contributed by atoms with van der Waals surface area (Å²) >= 11 is 5.85. The first-order valence-electron chi connectivity index (χ1n) is 6.05. The average molecular weight is 295 g/mol. The van der Waals surface area contributed by atoms with Crippen LogP contribution in [0.5, 0.6) is 5.75 Å². The Labute approximate surface area is 122 Å². The molecule has 0 spiro atoms. The molecule has 0 N–H and O–H groups in total. The standard InChI is InChI=1S/C14H15ClN2O3/c1-17-12(15)8-16-13(17)9-20-14(18)7-10-3-5-11(19-2)6-4-10/h3-6,8H,7,9H2,1-2H3. The Balaban J connectivity index is 1.87. The van der Waals surface area contributed by atoms with E-state index in [2.05, 4.69) is 4.98 Å². The number of nitrogens with zero attached hydrogens (tertiary/aromatic N) is 2. The van der Waals surface area contributed by atoms with E-state index in [1.165, 1.54) is 6.20 Å². The van der Waals surface area contributed by atoms with Gasteiger partial charge < -0.3 is 14.0 Å². The molecule has 0 amide bonds. The SMILES string of the molecule is COc1ccc(CC(=O)OCc2ncc(Cl)n2C)cc1. The fourth-order valence-corrected chi connectivity index (χ4v) is 1.81. The summed E-state index contributed by atoms with van der Waals surface area (Å²) < 4.78 is 11.9. The van der Waals surface area contributed by atoms with Crippen molar-refractivity contribution in [3.8, 4) is 5.75 Å². The van der Waals surface area contributed by atoms with Crippen molar-refractivity contribution < 1.29 is 14.3 Å². The van der Waals surface area contributed by atoms with Gasteiger partial charge in [-0.3, -0.25) is 4.79 Å². The highest BCUT2D eigenvalue weighted by Gasteiger charge is 2.09. The molecule has 0 radical (unpaired) electrons. The van der Waals surface area contributed by atoms with Gasteiger partial charge in [-0.1, -0.05) is 23.7 Å². The van der Waals surface area contributed by atoms with Crippen molar-refractivity contribution in [1.29, 1.82) is 0 Å². The highest BCUT2D eigenvalue weighted by molar-refractivity contribution is 6.29. The average Bonchev–Trinajstić information content (AvgIpc) is 2.77. The molecule has 0 fully saturated rings. The van der Waals surface area contributed by atoms with Gasteiger partial charge in [-0.15, -0.1) is 0 Å². The highest BCUT2D eigenvalue weighted by atomic mass is 35.5. The van der Waals surface area contributed by atoms with Crippen LogP contribution in [0.2, 0.25) is 5.15 Å². The fourth-order valence-electron chi connectivity index (χ4n) is 1.66. The van der Waals surface area contributed by atoms with Gasteiger partial charge in [0.1, 0.15) is 23.3 Å². The van der Waals surface area contributed by atoms with Crippen LogP contribution in [-0.2, 0) is 29.6 Å². The number of hydrogen-bond donors (Lipinski definition) is 0. The first-order chi connectivity index (χ1) is 9.60. The molecule has 1 aromatic heterocycles. The summed E-state index contributed by atoms with van der Waals surface area (Å²) in [5.41, 5.74) is 0.869. The van der Waals surface area contributed by atoms with Gasteiger partial charge in [0.2, 0.25) is 0 Å². The van der Waals surface area contributed by atoms with E-state index < -0.39 is 0 Å². The van der Waals surface area contributed by atoms with E-state index in [9.17, 15) is 4.79 Å². The van der Waals surface area contributed by atoms with Crippen molar-refractivity contribution in [3.05, 3.63) is 47.0 Å². The Morgan fingerprint density at radius 2 is 2.05 bits per heavy atom. The molecule has 0 bridgehead atoms. The van der Waals surface area contributed by atoms with Crippen molar-refractivity contribution >= 4 is 17.6 Å². The minimum absolute atomic E-state index is 0.109. The number of halogens is 1. The molecule has 106 valence electrons. The third kappa shape index (κ3) is 3.51. The summed E-state index contributed by atoms with van der Waals surface area (Å²) in [6, 6.07) is 7.28. The Bertz CT molecular complexity index is 593. The number of ether oxygens (including phenoxy) is 2. The van der Waals surface area contributed by atoms with Gasteiger partial charge in [-0.25, -0.2) is 4.98 Å². The van der Waals surface area contributed by atoms with Gasteiger partial charge in [0.25, 0.3) is 0 Å². The molecule has 6 heteroatoms. The van der Waals surface area contributed by atoms with Crippen LogP contribution < -0.4 is 4.74 Å². The van der Waals surface area contributed by atoms with Crippen LogP contribution in [-0.4, -0.2) is 22.6 Å². The molecule has 1 heterocycles. The lowest BCUT2D eigenvalue weighted by Gasteiger charge is -2.06. The molecular formula is C14H15ClN2O3. The van der Waals surface area contributed by atoms with Gasteiger partial charge in [0, 0.05) is 7.05 Å². The molecule has 0 saturated heterocycles. The van der Waals surface area contributed by atoms with Crippen LogP contribution in [0.4, 0.5) is 0 Å². The van der Waals surface area contributed by atoms with Crippen LogP contribution in [0, 0.1) is 0 Å². The lowest BCUT2D eigenvalue weighted by atomic mass is 10.1. The minimum atomic E-state index is -0.311. The Morgan fingerprint density at radius 3 is 2.60 bits per heavy atom. The second-order valence-corrected chi connectivity index (χ2v) is 4.63. The maximum Gasteiger partial charge on any atom is 0.310 e. The molecule has 0 aliphatic rings. The first-order valence-corrected chi connectivity index (χ1v) is 6.42. The van der Waals surface area contributed by atoms with Crippen LogP contribution in [0.1, 0.15) is 11.4 Å². The highest BCUT2D eigenvalue weighted by Crippen LogP contribution is 2.13. The number of benzene rings is 1. The van der Waals surface area contributed by atoms with E-state index in [0.717, 1.165) is 11.3 Å². The molecule has 0 aliphatic heterocycles. The van der Waals surface area contributed by atoms with Crippen molar-refractivity contribution in [2.75, 3.05) is 7.11 Å². The number of carbonyl (C=O) groups excluding carboxylic acids is 1. The van der Waals surface area contributed by atoms with E-state index in [1.54, 1.807) is 30.9 Å². The summed E-state index contributed by atoms with van der Waals surface area (Å²) in [7, 11) is 3.36. The maximum absolute atomic E-state index is 11.7. The van der Waals surface area contributed by atoms with E-state index in [-0.39, 0.29) is 19.0 Å². The minimum Gasteiger partial charge on any atom is -0.497 e. The third-order valence-electron chi connectivity index (χ3n) is 2.90. The summed E-state index contributed by atoms with van der Waals surface area (Å²) in [4.78, 5) is 15.8. The topological polar surface area (TPSA) is 53.4 Å². The molecule has 20 heavy (non-hydrogen) atoms. The number of methoxy groups -OCH3 is 1. The predicted octanol–water partition coefficient (Wildman–Crippen LogP) is 2.37. The van der Waals surface area contributed by atoms with E-state index in [4.69, 9.17) is 21.1 Å². The number of aromatic nitrogens is 2. The van der Waals surface area contributed by atoms with Crippen LogP contribution >= 0.6 is 11.6 Å². The smallest absolute Gasteiger partial charge is 0.310 e. The summed E-state index contributed by atoms with van der Waals surface area (Å²) in [5, 5.41) is 0.506. The molecule has 2 aromatic rings. The number of carbonyl (C=O) groups is 1. The van der Waals surface area contributed by atoms with Crippen molar-refractivity contribution in [2.45, 2.75) is 13.0 Å². The van der Waals surface area contributed by atoms with Crippen molar-refractivity contribution in [2.24, 2.45) is 7.05 Å². The zero-order valence-electron chi connectivity index (χ0n) is 11.3. The number of imidazole rings is 1. The van der Waals surface area contributed by atoms with Crippen molar-refractivity contribution in [3.63, 3.8) is 0 Å². The van der Waals surface area contributed by atoms with Gasteiger partial charge in [0.05, 0.1) is 19.7 Å². The quantitative estimate of drug-likeness (QED) is 0.795. The summed E-state index contributed by atoms with van der Waals surface area (Å²) in [5.74, 6) is 1.05. The van der Waals surface area contributed by atoms with Crippen LogP contribution in [0.15, 0.2) is 30.5 Å². The molecule has 0 unspecified atom stereocenters. The lowest BCUT2D eigenvalue weighted by Crippen LogP contribution is -2.10. The molecule has 0 aliphatic carbocycles. The molecule has 2 rings (SSSR count). The van der Waals surface area contributed by atoms with Gasteiger partial charge >= 0.3 is 5.97 Å². The van der Waals surface area contributed by atoms with Gasteiger partial charge in [-0.2, -0.15) is 0 Å². The normalized spacial score (nSPS) is 10.3. The molecule has 1 aromatic carbocycles. The van der Waals surface area contributed by atoms with Crippen molar-refractivity contribution in [1.82, 2.24) is 9.55 Å². The predicted molar refractivity (Wildman–Crippen MR) is 74.7 cm³/mol. The Kier molecular flexibility index (Phi) is 4.63. The number of esters is 1.